The van der Waals surface area contributed by atoms with Crippen LogP contribution in [0.2, 0.25) is 0 Å². The number of hydrogen-bond donors (Lipinski definition) is 1. The van der Waals surface area contributed by atoms with E-state index in [1.807, 2.05) is 12.1 Å². The molecule has 1 aliphatic heterocycles. The maximum atomic E-state index is 9.06. The first-order valence-corrected chi connectivity index (χ1v) is 6.77. The van der Waals surface area contributed by atoms with Gasteiger partial charge in [-0.25, -0.2) is 0 Å². The number of nitrogens with one attached hydrogen (secondary N) is 1. The molecule has 0 atom stereocenters. The average Bonchev–Trinajstić information content (AvgIpc) is 2.53. The van der Waals surface area contributed by atoms with Gasteiger partial charge in [-0.3, -0.25) is 0 Å². The van der Waals surface area contributed by atoms with Gasteiger partial charge >= 0.3 is 0 Å². The molecule has 2 aromatic rings. The zero-order valence-electron chi connectivity index (χ0n) is 11.4. The molecule has 2 aromatic carbocycles. The molecular formula is C17H16N2O. The van der Waals surface area contributed by atoms with Crippen LogP contribution in [0.5, 0.6) is 5.75 Å². The van der Waals surface area contributed by atoms with Gasteiger partial charge in [0.25, 0.3) is 0 Å². The lowest BCUT2D eigenvalue weighted by molar-refractivity contribution is 0.416. The van der Waals surface area contributed by atoms with Crippen molar-refractivity contribution in [3.63, 3.8) is 0 Å². The molecule has 0 spiro atoms. The first-order chi connectivity index (χ1) is 9.81. The van der Waals surface area contributed by atoms with Crippen LogP contribution >= 0.6 is 0 Å². The molecule has 0 fully saturated rings. The standard InChI is InChI=1S/C17H16N2O/c1-20-17-7-4-12(11-18)9-15(17)13-5-6-16-14(10-13)3-2-8-19-16/h4-7,9-10,19H,2-3,8H2,1H3. The van der Waals surface area contributed by atoms with Gasteiger partial charge in [-0.1, -0.05) is 6.07 Å². The summed E-state index contributed by atoms with van der Waals surface area (Å²) in [5.74, 6) is 0.799. The lowest BCUT2D eigenvalue weighted by atomic mass is 9.96. The lowest BCUT2D eigenvalue weighted by Crippen LogP contribution is -2.11. The summed E-state index contributed by atoms with van der Waals surface area (Å²) in [4.78, 5) is 0. The number of nitriles is 1. The second-order valence-electron chi connectivity index (χ2n) is 4.93. The van der Waals surface area contributed by atoms with Crippen molar-refractivity contribution in [2.45, 2.75) is 12.8 Å². The van der Waals surface area contributed by atoms with E-state index in [2.05, 4.69) is 29.6 Å². The van der Waals surface area contributed by atoms with Gasteiger partial charge < -0.3 is 10.1 Å². The molecule has 3 rings (SSSR count). The van der Waals surface area contributed by atoms with Crippen molar-refractivity contribution >= 4 is 5.69 Å². The van der Waals surface area contributed by atoms with Crippen LogP contribution in [0.15, 0.2) is 36.4 Å². The molecule has 1 N–H and O–H groups in total. The molecule has 0 unspecified atom stereocenters. The Hall–Kier alpha value is -2.47. The maximum absolute atomic E-state index is 9.06. The quantitative estimate of drug-likeness (QED) is 0.901. The van der Waals surface area contributed by atoms with E-state index in [1.54, 1.807) is 13.2 Å². The lowest BCUT2D eigenvalue weighted by Gasteiger charge is -2.19. The number of hydrogen-bond acceptors (Lipinski definition) is 3. The molecule has 0 bridgehead atoms. The van der Waals surface area contributed by atoms with E-state index >= 15 is 0 Å². The van der Waals surface area contributed by atoms with E-state index in [4.69, 9.17) is 10.00 Å². The Bertz CT molecular complexity index is 686. The van der Waals surface area contributed by atoms with Crippen molar-refractivity contribution in [1.29, 1.82) is 5.26 Å². The SMILES string of the molecule is COc1ccc(C#N)cc1-c1ccc2c(c1)CCCN2. The van der Waals surface area contributed by atoms with Crippen molar-refractivity contribution < 1.29 is 4.74 Å². The Kier molecular flexibility index (Phi) is 3.30. The average molecular weight is 264 g/mol. The molecule has 0 radical (unpaired) electrons. The van der Waals surface area contributed by atoms with Gasteiger partial charge in [-0.05, 0) is 54.3 Å². The van der Waals surface area contributed by atoms with Crippen molar-refractivity contribution in [3.8, 4) is 22.9 Å². The molecule has 100 valence electrons. The number of methoxy groups -OCH3 is 1. The smallest absolute Gasteiger partial charge is 0.126 e. The highest BCUT2D eigenvalue weighted by Gasteiger charge is 2.12. The summed E-state index contributed by atoms with van der Waals surface area (Å²) >= 11 is 0. The number of nitrogens with zero attached hydrogens (tertiary/aromatic N) is 1. The summed E-state index contributed by atoms with van der Waals surface area (Å²) in [5, 5.41) is 12.5. The monoisotopic (exact) mass is 264 g/mol. The number of rotatable bonds is 2. The van der Waals surface area contributed by atoms with Crippen molar-refractivity contribution in [2.24, 2.45) is 0 Å². The second kappa shape index (κ2) is 5.26. The summed E-state index contributed by atoms with van der Waals surface area (Å²) in [7, 11) is 1.66. The predicted octanol–water partition coefficient (Wildman–Crippen LogP) is 3.59. The summed E-state index contributed by atoms with van der Waals surface area (Å²) in [6.07, 6.45) is 2.25. The third-order valence-electron chi connectivity index (χ3n) is 3.68. The van der Waals surface area contributed by atoms with Gasteiger partial charge in [0.15, 0.2) is 0 Å². The molecule has 0 amide bonds. The third-order valence-corrected chi connectivity index (χ3v) is 3.68. The Labute approximate surface area is 118 Å². The summed E-state index contributed by atoms with van der Waals surface area (Å²) in [6.45, 7) is 1.04. The topological polar surface area (TPSA) is 45.0 Å². The van der Waals surface area contributed by atoms with Gasteiger partial charge in [0.05, 0.1) is 18.7 Å². The number of benzene rings is 2. The second-order valence-corrected chi connectivity index (χ2v) is 4.93. The van der Waals surface area contributed by atoms with E-state index < -0.39 is 0 Å². The predicted molar refractivity (Wildman–Crippen MR) is 80.0 cm³/mol. The van der Waals surface area contributed by atoms with E-state index in [0.29, 0.717) is 5.56 Å². The molecule has 0 aromatic heterocycles. The van der Waals surface area contributed by atoms with Gasteiger partial charge in [-0.2, -0.15) is 5.26 Å². The van der Waals surface area contributed by atoms with Crippen molar-refractivity contribution in [3.05, 3.63) is 47.5 Å². The Morgan fingerprint density at radius 3 is 2.90 bits per heavy atom. The van der Waals surface area contributed by atoms with Crippen LogP contribution in [0.1, 0.15) is 17.5 Å². The summed E-state index contributed by atoms with van der Waals surface area (Å²) in [6, 6.07) is 14.1. The molecule has 3 heteroatoms. The highest BCUT2D eigenvalue weighted by atomic mass is 16.5. The highest BCUT2D eigenvalue weighted by Crippen LogP contribution is 2.34. The van der Waals surface area contributed by atoms with Crippen molar-refractivity contribution in [1.82, 2.24) is 0 Å². The van der Waals surface area contributed by atoms with Gasteiger partial charge in [0.2, 0.25) is 0 Å². The minimum Gasteiger partial charge on any atom is -0.496 e. The van der Waals surface area contributed by atoms with Crippen LogP contribution in [0, 0.1) is 11.3 Å². The number of fused-ring (bicyclic) bond motifs is 1. The van der Waals surface area contributed by atoms with Crippen LogP contribution in [0.25, 0.3) is 11.1 Å². The normalized spacial score (nSPS) is 13.0. The summed E-state index contributed by atoms with van der Waals surface area (Å²) in [5.41, 5.74) is 5.27. The molecule has 3 nitrogen and oxygen atoms in total. The van der Waals surface area contributed by atoms with E-state index in [0.717, 1.165) is 36.3 Å². The van der Waals surface area contributed by atoms with Crippen LogP contribution < -0.4 is 10.1 Å². The fourth-order valence-corrected chi connectivity index (χ4v) is 2.65. The van der Waals surface area contributed by atoms with Crippen LogP contribution in [-0.4, -0.2) is 13.7 Å². The van der Waals surface area contributed by atoms with Crippen molar-refractivity contribution in [2.75, 3.05) is 19.0 Å². The molecular weight excluding hydrogens is 248 g/mol. The highest BCUT2D eigenvalue weighted by molar-refractivity contribution is 5.75. The van der Waals surface area contributed by atoms with Gasteiger partial charge in [-0.15, -0.1) is 0 Å². The van der Waals surface area contributed by atoms with E-state index in [9.17, 15) is 0 Å². The largest absolute Gasteiger partial charge is 0.496 e. The fourth-order valence-electron chi connectivity index (χ4n) is 2.65. The molecule has 0 saturated heterocycles. The van der Waals surface area contributed by atoms with Gasteiger partial charge in [0.1, 0.15) is 5.75 Å². The number of anilines is 1. The zero-order chi connectivity index (χ0) is 13.9. The molecule has 1 aliphatic rings. The summed E-state index contributed by atoms with van der Waals surface area (Å²) < 4.78 is 5.42. The fraction of sp³-hybridized carbons (Fsp3) is 0.235. The Morgan fingerprint density at radius 1 is 1.20 bits per heavy atom. The van der Waals surface area contributed by atoms with Crippen LogP contribution in [0.4, 0.5) is 5.69 Å². The van der Waals surface area contributed by atoms with Gasteiger partial charge in [0, 0.05) is 17.8 Å². The van der Waals surface area contributed by atoms with Crippen LogP contribution in [0.3, 0.4) is 0 Å². The Balaban J connectivity index is 2.10. The zero-order valence-corrected chi connectivity index (χ0v) is 11.4. The molecule has 1 heterocycles. The molecule has 20 heavy (non-hydrogen) atoms. The van der Waals surface area contributed by atoms with E-state index in [1.165, 1.54) is 11.3 Å². The maximum Gasteiger partial charge on any atom is 0.126 e. The first-order valence-electron chi connectivity index (χ1n) is 6.77. The first kappa shape index (κ1) is 12.6. The number of ether oxygens (including phenoxy) is 1. The minimum absolute atomic E-state index is 0.650. The minimum atomic E-state index is 0.650. The Morgan fingerprint density at radius 2 is 2.10 bits per heavy atom. The van der Waals surface area contributed by atoms with Crippen LogP contribution in [-0.2, 0) is 6.42 Å². The molecule has 0 aliphatic carbocycles. The molecule has 0 saturated carbocycles. The third kappa shape index (κ3) is 2.21. The number of aryl methyl sites for hydroxylation is 1. The van der Waals surface area contributed by atoms with E-state index in [-0.39, 0.29) is 0 Å².